The van der Waals surface area contributed by atoms with Crippen molar-refractivity contribution in [1.29, 1.82) is 0 Å². The van der Waals surface area contributed by atoms with Gasteiger partial charge in [0.2, 0.25) is 0 Å². The second-order valence-corrected chi connectivity index (χ2v) is 7.80. The fourth-order valence-corrected chi connectivity index (χ4v) is 3.82. The van der Waals surface area contributed by atoms with Crippen LogP contribution in [0.4, 0.5) is 0 Å². The summed E-state index contributed by atoms with van der Waals surface area (Å²) in [5.74, 6) is 2.90. The van der Waals surface area contributed by atoms with Gasteiger partial charge >= 0.3 is 0 Å². The second-order valence-electron chi connectivity index (χ2n) is 7.80. The van der Waals surface area contributed by atoms with Gasteiger partial charge in [-0.2, -0.15) is 0 Å². The molecule has 0 spiro atoms. The average molecular weight is 386 g/mol. The van der Waals surface area contributed by atoms with Crippen LogP contribution in [0.3, 0.4) is 0 Å². The summed E-state index contributed by atoms with van der Waals surface area (Å²) in [6.45, 7) is 8.56. The van der Waals surface area contributed by atoms with Crippen LogP contribution in [0.1, 0.15) is 60.5 Å². The van der Waals surface area contributed by atoms with Crippen LogP contribution in [-0.2, 0) is 6.61 Å². The van der Waals surface area contributed by atoms with Gasteiger partial charge in [-0.3, -0.25) is 4.79 Å². The smallest absolute Gasteiger partial charge is 0.251 e. The van der Waals surface area contributed by atoms with Gasteiger partial charge in [-0.15, -0.1) is 0 Å². The third-order valence-electron chi connectivity index (χ3n) is 6.00. The lowest BCUT2D eigenvalue weighted by Crippen LogP contribution is -2.43. The Kier molecular flexibility index (Phi) is 6.27. The van der Waals surface area contributed by atoms with Crippen molar-refractivity contribution in [3.05, 3.63) is 40.8 Å². The van der Waals surface area contributed by atoms with E-state index in [1.807, 2.05) is 13.8 Å². The number of hydrogen-bond donors (Lipinski definition) is 1. The molecule has 1 aliphatic carbocycles. The topological polar surface area (TPSA) is 73.6 Å². The SMILES string of the molecule is COc1cc(C(=O)NC2CCCC(C)C2C)ccc1OCc1c(C)noc1C. The Hall–Kier alpha value is -2.50. The molecule has 3 unspecified atom stereocenters. The van der Waals surface area contributed by atoms with Crippen LogP contribution in [-0.4, -0.2) is 24.2 Å². The predicted molar refractivity (Wildman–Crippen MR) is 107 cm³/mol. The van der Waals surface area contributed by atoms with Gasteiger partial charge < -0.3 is 19.3 Å². The molecule has 0 aliphatic heterocycles. The third-order valence-corrected chi connectivity index (χ3v) is 6.00. The van der Waals surface area contributed by atoms with Gasteiger partial charge in [0.15, 0.2) is 11.5 Å². The number of hydrogen-bond acceptors (Lipinski definition) is 5. The quantitative estimate of drug-likeness (QED) is 0.795. The van der Waals surface area contributed by atoms with Gasteiger partial charge in [0.1, 0.15) is 12.4 Å². The van der Waals surface area contributed by atoms with Crippen molar-refractivity contribution < 1.29 is 18.8 Å². The zero-order valence-corrected chi connectivity index (χ0v) is 17.4. The molecule has 152 valence electrons. The maximum absolute atomic E-state index is 12.8. The highest BCUT2D eigenvalue weighted by atomic mass is 16.5. The number of nitrogens with zero attached hydrogens (tertiary/aromatic N) is 1. The summed E-state index contributed by atoms with van der Waals surface area (Å²) >= 11 is 0. The molecule has 6 heteroatoms. The lowest BCUT2D eigenvalue weighted by atomic mass is 9.78. The summed E-state index contributed by atoms with van der Waals surface area (Å²) in [7, 11) is 1.57. The monoisotopic (exact) mass is 386 g/mol. The van der Waals surface area contributed by atoms with Crippen LogP contribution in [0.25, 0.3) is 0 Å². The summed E-state index contributed by atoms with van der Waals surface area (Å²) < 4.78 is 16.5. The summed E-state index contributed by atoms with van der Waals surface area (Å²) in [5.41, 5.74) is 2.31. The fourth-order valence-electron chi connectivity index (χ4n) is 3.82. The predicted octanol–water partition coefficient (Wildman–Crippen LogP) is 4.43. The maximum Gasteiger partial charge on any atom is 0.251 e. The van der Waals surface area contributed by atoms with E-state index >= 15 is 0 Å². The van der Waals surface area contributed by atoms with E-state index in [0.29, 0.717) is 35.5 Å². The molecule has 1 aliphatic rings. The summed E-state index contributed by atoms with van der Waals surface area (Å²) in [5, 5.41) is 7.14. The largest absolute Gasteiger partial charge is 0.493 e. The summed E-state index contributed by atoms with van der Waals surface area (Å²) in [4.78, 5) is 12.8. The number of ether oxygens (including phenoxy) is 2. The Morgan fingerprint density at radius 2 is 2.04 bits per heavy atom. The molecule has 1 saturated carbocycles. The Bertz CT molecular complexity index is 810. The maximum atomic E-state index is 12.8. The number of carbonyl (C=O) groups is 1. The standard InChI is InChI=1S/C22H30N2O4/c1-13-7-6-8-19(14(13)2)23-22(25)17-9-10-20(21(11-17)26-5)27-12-18-15(3)24-28-16(18)4/h9-11,13-14,19H,6-8,12H2,1-5H3,(H,23,25). The number of aromatic nitrogens is 1. The molecule has 28 heavy (non-hydrogen) atoms. The molecule has 1 fully saturated rings. The second kappa shape index (κ2) is 8.67. The van der Waals surface area contributed by atoms with E-state index < -0.39 is 0 Å². The molecule has 0 saturated heterocycles. The highest BCUT2D eigenvalue weighted by Gasteiger charge is 2.28. The van der Waals surface area contributed by atoms with Crippen molar-refractivity contribution in [2.24, 2.45) is 11.8 Å². The third kappa shape index (κ3) is 4.32. The van der Waals surface area contributed by atoms with Crippen LogP contribution >= 0.6 is 0 Å². The molecule has 3 rings (SSSR count). The summed E-state index contributed by atoms with van der Waals surface area (Å²) in [6, 6.07) is 5.50. The van der Waals surface area contributed by atoms with Crippen molar-refractivity contribution in [1.82, 2.24) is 10.5 Å². The number of carbonyl (C=O) groups excluding carboxylic acids is 1. The fraction of sp³-hybridized carbons (Fsp3) is 0.545. The number of aryl methyl sites for hydroxylation is 2. The molecule has 0 radical (unpaired) electrons. The molecule has 1 N–H and O–H groups in total. The van der Waals surface area contributed by atoms with Gasteiger partial charge in [-0.1, -0.05) is 31.8 Å². The van der Waals surface area contributed by atoms with E-state index in [-0.39, 0.29) is 11.9 Å². The average Bonchev–Trinajstić information content (AvgIpc) is 3.01. The zero-order valence-electron chi connectivity index (χ0n) is 17.4. The summed E-state index contributed by atoms with van der Waals surface area (Å²) in [6.07, 6.45) is 3.43. The first-order valence-electron chi connectivity index (χ1n) is 9.94. The van der Waals surface area contributed by atoms with E-state index in [1.165, 1.54) is 6.42 Å². The molecule has 3 atom stereocenters. The minimum atomic E-state index is -0.0680. The van der Waals surface area contributed by atoms with Gasteiger partial charge in [-0.25, -0.2) is 0 Å². The van der Waals surface area contributed by atoms with Crippen LogP contribution in [0.2, 0.25) is 0 Å². The van der Waals surface area contributed by atoms with Crippen molar-refractivity contribution in [3.63, 3.8) is 0 Å². The Morgan fingerprint density at radius 3 is 2.71 bits per heavy atom. The van der Waals surface area contributed by atoms with E-state index in [9.17, 15) is 4.79 Å². The van der Waals surface area contributed by atoms with E-state index in [2.05, 4.69) is 24.3 Å². The molecule has 2 aromatic rings. The first-order chi connectivity index (χ1) is 13.4. The minimum Gasteiger partial charge on any atom is -0.493 e. The van der Waals surface area contributed by atoms with Gasteiger partial charge in [0.05, 0.1) is 18.4 Å². The number of amides is 1. The molecule has 1 aromatic heterocycles. The molecule has 0 bridgehead atoms. The minimum absolute atomic E-state index is 0.0680. The van der Waals surface area contributed by atoms with E-state index in [1.54, 1.807) is 25.3 Å². The van der Waals surface area contributed by atoms with Crippen LogP contribution in [0.15, 0.2) is 22.7 Å². The zero-order chi connectivity index (χ0) is 20.3. The van der Waals surface area contributed by atoms with Crippen molar-refractivity contribution >= 4 is 5.91 Å². The highest BCUT2D eigenvalue weighted by molar-refractivity contribution is 5.95. The normalized spacial score (nSPS) is 22.0. The van der Waals surface area contributed by atoms with Crippen molar-refractivity contribution in [3.8, 4) is 11.5 Å². The van der Waals surface area contributed by atoms with Gasteiger partial charge in [-0.05, 0) is 50.3 Å². The van der Waals surface area contributed by atoms with Gasteiger partial charge in [0.25, 0.3) is 5.91 Å². The molecule has 1 heterocycles. The van der Waals surface area contributed by atoms with Crippen molar-refractivity contribution in [2.45, 2.75) is 59.6 Å². The first-order valence-corrected chi connectivity index (χ1v) is 9.94. The first kappa shape index (κ1) is 20.2. The van der Waals surface area contributed by atoms with Crippen LogP contribution in [0, 0.1) is 25.7 Å². The Balaban J connectivity index is 1.69. The molecule has 1 aromatic carbocycles. The Morgan fingerprint density at radius 1 is 1.25 bits per heavy atom. The molecular weight excluding hydrogens is 356 g/mol. The number of benzene rings is 1. The van der Waals surface area contributed by atoms with Gasteiger partial charge in [0, 0.05) is 11.6 Å². The molecular formula is C22H30N2O4. The number of rotatable bonds is 6. The van der Waals surface area contributed by atoms with Crippen LogP contribution in [0.5, 0.6) is 11.5 Å². The van der Waals surface area contributed by atoms with Crippen molar-refractivity contribution in [2.75, 3.05) is 7.11 Å². The number of methoxy groups -OCH3 is 1. The molecule has 1 amide bonds. The number of nitrogens with one attached hydrogen (secondary N) is 1. The van der Waals surface area contributed by atoms with E-state index in [4.69, 9.17) is 14.0 Å². The van der Waals surface area contributed by atoms with E-state index in [0.717, 1.165) is 29.9 Å². The molecule has 6 nitrogen and oxygen atoms in total. The lowest BCUT2D eigenvalue weighted by Gasteiger charge is -2.34. The highest BCUT2D eigenvalue weighted by Crippen LogP contribution is 2.31. The Labute approximate surface area is 166 Å². The lowest BCUT2D eigenvalue weighted by molar-refractivity contribution is 0.0890. The van der Waals surface area contributed by atoms with Crippen LogP contribution < -0.4 is 14.8 Å².